The van der Waals surface area contributed by atoms with Gasteiger partial charge in [0.1, 0.15) is 6.54 Å². The molecule has 32 heavy (non-hydrogen) atoms. The van der Waals surface area contributed by atoms with Crippen molar-refractivity contribution in [2.75, 3.05) is 31.6 Å². The van der Waals surface area contributed by atoms with E-state index in [-0.39, 0.29) is 11.4 Å². The van der Waals surface area contributed by atoms with Gasteiger partial charge in [0.25, 0.3) is 10.0 Å². The molecule has 8 heteroatoms. The van der Waals surface area contributed by atoms with Gasteiger partial charge in [-0.15, -0.1) is 0 Å². The molecule has 0 atom stereocenters. The summed E-state index contributed by atoms with van der Waals surface area (Å²) in [7, 11) is -1.03. The van der Waals surface area contributed by atoms with Gasteiger partial charge in [0.05, 0.1) is 24.8 Å². The van der Waals surface area contributed by atoms with Gasteiger partial charge < -0.3 is 14.8 Å². The van der Waals surface area contributed by atoms with E-state index < -0.39 is 15.9 Å². The quantitative estimate of drug-likeness (QED) is 0.508. The molecular weight excluding hydrogens is 428 g/mol. The fourth-order valence-electron chi connectivity index (χ4n) is 3.19. The smallest absolute Gasteiger partial charge is 0.264 e. The number of hydrogen-bond donors (Lipinski definition) is 1. The van der Waals surface area contributed by atoms with Crippen LogP contribution in [-0.2, 0) is 21.2 Å². The fourth-order valence-corrected chi connectivity index (χ4v) is 4.63. The molecule has 1 N–H and O–H groups in total. The first-order valence-electron chi connectivity index (χ1n) is 10.1. The molecule has 3 aromatic carbocycles. The molecule has 0 aliphatic heterocycles. The zero-order chi connectivity index (χ0) is 23.0. The Morgan fingerprint density at radius 3 is 2.12 bits per heavy atom. The largest absolute Gasteiger partial charge is 0.493 e. The number of carbonyl (C=O) groups excluding carboxylic acids is 1. The lowest BCUT2D eigenvalue weighted by Gasteiger charge is -2.25. The number of rotatable bonds is 10. The minimum Gasteiger partial charge on any atom is -0.493 e. The van der Waals surface area contributed by atoms with Crippen LogP contribution in [0.1, 0.15) is 5.56 Å². The topological polar surface area (TPSA) is 84.9 Å². The van der Waals surface area contributed by atoms with E-state index in [1.165, 1.54) is 32.4 Å². The molecule has 168 valence electrons. The monoisotopic (exact) mass is 454 g/mol. The predicted octanol–water partition coefficient (Wildman–Crippen LogP) is 3.26. The highest BCUT2D eigenvalue weighted by Gasteiger charge is 2.28. The molecule has 0 aliphatic rings. The lowest BCUT2D eigenvalue weighted by Crippen LogP contribution is -2.41. The van der Waals surface area contributed by atoms with E-state index in [2.05, 4.69) is 5.32 Å². The number of ether oxygens (including phenoxy) is 2. The van der Waals surface area contributed by atoms with E-state index in [9.17, 15) is 13.2 Å². The van der Waals surface area contributed by atoms with Gasteiger partial charge in [-0.2, -0.15) is 0 Å². The maximum atomic E-state index is 13.4. The SMILES string of the molecule is COc1ccc(N(CC(=O)NCCc2ccccc2)S(=O)(=O)c2ccccc2)cc1OC. The van der Waals surface area contributed by atoms with Crippen LogP contribution in [0.25, 0.3) is 0 Å². The van der Waals surface area contributed by atoms with Crippen LogP contribution in [-0.4, -0.2) is 41.6 Å². The summed E-state index contributed by atoms with van der Waals surface area (Å²) < 4.78 is 38.4. The Labute approximate surface area is 188 Å². The molecule has 0 unspecified atom stereocenters. The summed E-state index contributed by atoms with van der Waals surface area (Å²) in [4.78, 5) is 12.8. The van der Waals surface area contributed by atoms with E-state index in [1.54, 1.807) is 30.3 Å². The molecule has 7 nitrogen and oxygen atoms in total. The number of nitrogens with zero attached hydrogens (tertiary/aromatic N) is 1. The second-order valence-electron chi connectivity index (χ2n) is 6.95. The summed E-state index contributed by atoms with van der Waals surface area (Å²) in [5.41, 5.74) is 1.38. The number of hydrogen-bond acceptors (Lipinski definition) is 5. The number of anilines is 1. The van der Waals surface area contributed by atoms with Gasteiger partial charge in [-0.05, 0) is 36.2 Å². The highest BCUT2D eigenvalue weighted by atomic mass is 32.2. The van der Waals surface area contributed by atoms with Crippen molar-refractivity contribution in [3.8, 4) is 11.5 Å². The minimum absolute atomic E-state index is 0.0897. The molecule has 0 saturated heterocycles. The van der Waals surface area contributed by atoms with Gasteiger partial charge in [-0.25, -0.2) is 8.42 Å². The summed E-state index contributed by atoms with van der Waals surface area (Å²) >= 11 is 0. The summed E-state index contributed by atoms with van der Waals surface area (Å²) in [6.07, 6.45) is 0.647. The standard InChI is InChI=1S/C24H26N2O5S/c1-30-22-14-13-20(17-23(22)31-2)26(32(28,29)21-11-7-4-8-12-21)18-24(27)25-16-15-19-9-5-3-6-10-19/h3-14,17H,15-16,18H2,1-2H3,(H,25,27). The van der Waals surface area contributed by atoms with E-state index in [4.69, 9.17) is 9.47 Å². The molecule has 0 bridgehead atoms. The number of amides is 1. The number of benzene rings is 3. The maximum absolute atomic E-state index is 13.4. The third-order valence-corrected chi connectivity index (χ3v) is 6.64. The van der Waals surface area contributed by atoms with Gasteiger partial charge >= 0.3 is 0 Å². The number of nitrogens with one attached hydrogen (secondary N) is 1. The lowest BCUT2D eigenvalue weighted by atomic mass is 10.1. The summed E-state index contributed by atoms with van der Waals surface area (Å²) in [6, 6.07) is 22.5. The van der Waals surface area contributed by atoms with Crippen molar-refractivity contribution < 1.29 is 22.7 Å². The van der Waals surface area contributed by atoms with Gasteiger partial charge in [-0.3, -0.25) is 9.10 Å². The first-order valence-corrected chi connectivity index (χ1v) is 11.5. The molecule has 0 aromatic heterocycles. The fraction of sp³-hybridized carbons (Fsp3) is 0.208. The van der Waals surface area contributed by atoms with Crippen LogP contribution in [0.2, 0.25) is 0 Å². The highest BCUT2D eigenvalue weighted by Crippen LogP contribution is 2.33. The maximum Gasteiger partial charge on any atom is 0.264 e. The zero-order valence-corrected chi connectivity index (χ0v) is 18.8. The first-order chi connectivity index (χ1) is 15.5. The van der Waals surface area contributed by atoms with Crippen LogP contribution in [0.4, 0.5) is 5.69 Å². The Hall–Kier alpha value is -3.52. The molecule has 0 aliphatic carbocycles. The molecule has 0 saturated carbocycles. The van der Waals surface area contributed by atoms with Crippen LogP contribution in [0, 0.1) is 0 Å². The van der Waals surface area contributed by atoms with Crippen LogP contribution in [0.15, 0.2) is 83.8 Å². The van der Waals surface area contributed by atoms with Crippen molar-refractivity contribution in [2.45, 2.75) is 11.3 Å². The van der Waals surface area contributed by atoms with Crippen LogP contribution in [0.3, 0.4) is 0 Å². The number of carbonyl (C=O) groups is 1. The van der Waals surface area contributed by atoms with Crippen molar-refractivity contribution in [1.29, 1.82) is 0 Å². The molecule has 0 radical (unpaired) electrons. The van der Waals surface area contributed by atoms with E-state index in [0.717, 1.165) is 9.87 Å². The Bertz CT molecular complexity index is 1140. The third-order valence-electron chi connectivity index (χ3n) is 4.85. The second-order valence-corrected chi connectivity index (χ2v) is 8.81. The van der Waals surface area contributed by atoms with Gasteiger partial charge in [0.15, 0.2) is 11.5 Å². The Morgan fingerprint density at radius 1 is 0.875 bits per heavy atom. The van der Waals surface area contributed by atoms with E-state index >= 15 is 0 Å². The minimum atomic E-state index is -3.99. The highest BCUT2D eigenvalue weighted by molar-refractivity contribution is 7.92. The van der Waals surface area contributed by atoms with Crippen LogP contribution < -0.4 is 19.1 Å². The first kappa shape index (κ1) is 23.1. The summed E-state index contributed by atoms with van der Waals surface area (Å²) in [5, 5.41) is 2.81. The molecule has 0 heterocycles. The molecular formula is C24H26N2O5S. The van der Waals surface area contributed by atoms with Crippen molar-refractivity contribution in [2.24, 2.45) is 0 Å². The van der Waals surface area contributed by atoms with Gasteiger partial charge in [0.2, 0.25) is 5.91 Å². The van der Waals surface area contributed by atoms with E-state index in [1.807, 2.05) is 30.3 Å². The van der Waals surface area contributed by atoms with Crippen molar-refractivity contribution in [3.05, 3.63) is 84.4 Å². The van der Waals surface area contributed by atoms with Gasteiger partial charge in [-0.1, -0.05) is 48.5 Å². The molecule has 3 rings (SSSR count). The molecule has 0 fully saturated rings. The molecule has 0 spiro atoms. The van der Waals surface area contributed by atoms with Crippen molar-refractivity contribution >= 4 is 21.6 Å². The van der Waals surface area contributed by atoms with E-state index in [0.29, 0.717) is 30.2 Å². The Kier molecular flexibility index (Phi) is 7.72. The predicted molar refractivity (Wildman–Crippen MR) is 124 cm³/mol. The second kappa shape index (κ2) is 10.7. The third kappa shape index (κ3) is 5.59. The molecule has 1 amide bonds. The average Bonchev–Trinajstić information content (AvgIpc) is 2.83. The van der Waals surface area contributed by atoms with Crippen LogP contribution >= 0.6 is 0 Å². The number of methoxy groups -OCH3 is 2. The molecule has 3 aromatic rings. The Morgan fingerprint density at radius 2 is 1.50 bits per heavy atom. The number of sulfonamides is 1. The average molecular weight is 455 g/mol. The van der Waals surface area contributed by atoms with Gasteiger partial charge in [0, 0.05) is 12.6 Å². The summed E-state index contributed by atoms with van der Waals surface area (Å²) in [5.74, 6) is 0.415. The zero-order valence-electron chi connectivity index (χ0n) is 18.0. The normalized spacial score (nSPS) is 10.9. The van der Waals surface area contributed by atoms with Crippen LogP contribution in [0.5, 0.6) is 11.5 Å². The summed E-state index contributed by atoms with van der Waals surface area (Å²) in [6.45, 7) is 0.0233. The van der Waals surface area contributed by atoms with Crippen molar-refractivity contribution in [3.63, 3.8) is 0 Å². The lowest BCUT2D eigenvalue weighted by molar-refractivity contribution is -0.119. The van der Waals surface area contributed by atoms with Crippen molar-refractivity contribution in [1.82, 2.24) is 5.32 Å². The Balaban J connectivity index is 1.85.